The van der Waals surface area contributed by atoms with Crippen LogP contribution in [0.4, 0.5) is 0 Å². The first kappa shape index (κ1) is 19.8. The van der Waals surface area contributed by atoms with Gasteiger partial charge in [-0.25, -0.2) is 0 Å². The molecular weight excluding hydrogens is 505 g/mol. The normalized spacial score (nSPS) is 18.3. The zero-order chi connectivity index (χ0) is 24.5. The van der Waals surface area contributed by atoms with E-state index in [1.165, 1.54) is 62.6 Å². The highest BCUT2D eigenvalue weighted by molar-refractivity contribution is 7.27. The number of hydrogen-bond acceptors (Lipinski definition) is 4. The van der Waals surface area contributed by atoms with Crippen molar-refractivity contribution in [3.05, 3.63) is 108 Å². The van der Waals surface area contributed by atoms with Gasteiger partial charge in [-0.05, 0) is 59.3 Å². The molecule has 2 unspecified atom stereocenters. The van der Waals surface area contributed by atoms with Crippen molar-refractivity contribution >= 4 is 75.4 Å². The van der Waals surface area contributed by atoms with Crippen molar-refractivity contribution in [2.24, 2.45) is 9.98 Å². The highest BCUT2D eigenvalue weighted by Gasteiger charge is 2.30. The summed E-state index contributed by atoms with van der Waals surface area (Å²) in [6, 6.07) is 26.9. The molecule has 0 saturated carbocycles. The summed E-state index contributed by atoms with van der Waals surface area (Å²) in [6.45, 7) is 0. The monoisotopic (exact) mass is 522 g/mol. The number of hydrogen-bond donors (Lipinski definition) is 0. The van der Waals surface area contributed by atoms with Gasteiger partial charge in [-0.15, -0.1) is 22.7 Å². The van der Waals surface area contributed by atoms with Crippen LogP contribution in [-0.4, -0.2) is 21.6 Å². The van der Waals surface area contributed by atoms with Crippen molar-refractivity contribution in [1.82, 2.24) is 9.13 Å². The summed E-state index contributed by atoms with van der Waals surface area (Å²) in [5.41, 5.74) is 7.65. The molecule has 10 rings (SSSR count). The molecule has 4 aromatic carbocycles. The molecule has 2 aromatic heterocycles. The second-order valence-corrected chi connectivity index (χ2v) is 12.4. The molecule has 4 aliphatic rings. The van der Waals surface area contributed by atoms with Crippen LogP contribution >= 0.6 is 22.7 Å². The van der Waals surface area contributed by atoms with Crippen molar-refractivity contribution in [3.8, 4) is 11.1 Å². The fourth-order valence-electron chi connectivity index (χ4n) is 6.76. The fourth-order valence-corrected chi connectivity index (χ4v) is 9.13. The van der Waals surface area contributed by atoms with E-state index in [0.717, 1.165) is 11.4 Å². The third-order valence-corrected chi connectivity index (χ3v) is 10.5. The predicted molar refractivity (Wildman–Crippen MR) is 160 cm³/mol. The molecule has 6 heterocycles. The summed E-state index contributed by atoms with van der Waals surface area (Å²) in [4.78, 5) is 9.87. The number of aromatic nitrogens is 2. The minimum Gasteiger partial charge on any atom is -0.320 e. The van der Waals surface area contributed by atoms with Crippen molar-refractivity contribution in [2.45, 2.75) is 12.3 Å². The number of benzene rings is 4. The smallest absolute Gasteiger partial charge is 0.151 e. The lowest BCUT2D eigenvalue weighted by Crippen LogP contribution is -2.07. The Bertz CT molecular complexity index is 2110. The van der Waals surface area contributed by atoms with E-state index in [1.807, 2.05) is 35.1 Å². The van der Waals surface area contributed by atoms with Gasteiger partial charge in [0, 0.05) is 76.6 Å². The lowest BCUT2D eigenvalue weighted by Gasteiger charge is -2.25. The predicted octanol–water partition coefficient (Wildman–Crippen LogP) is 8.53. The first-order valence-electron chi connectivity index (χ1n) is 12.8. The molecule has 2 atom stereocenters. The fraction of sp³-hybridized carbons (Fsp3) is 0.0625. The number of aliphatic imine (C=N–C) groups is 2. The van der Waals surface area contributed by atoms with Crippen LogP contribution in [0.15, 0.2) is 95.2 Å². The maximum Gasteiger partial charge on any atom is 0.151 e. The van der Waals surface area contributed by atoms with E-state index in [1.54, 1.807) is 0 Å². The Morgan fingerprint density at radius 3 is 1.55 bits per heavy atom. The van der Waals surface area contributed by atoms with Crippen LogP contribution in [0.1, 0.15) is 34.8 Å². The van der Waals surface area contributed by atoms with Crippen molar-refractivity contribution in [2.75, 3.05) is 0 Å². The molecule has 0 radical (unpaired) electrons. The Labute approximate surface area is 225 Å². The van der Waals surface area contributed by atoms with Gasteiger partial charge in [0.25, 0.3) is 0 Å². The molecule has 0 spiro atoms. The first-order valence-corrected chi connectivity index (χ1v) is 14.4. The molecule has 6 heteroatoms. The van der Waals surface area contributed by atoms with Gasteiger partial charge < -0.3 is 9.13 Å². The molecule has 38 heavy (non-hydrogen) atoms. The van der Waals surface area contributed by atoms with Crippen LogP contribution in [-0.2, 0) is 0 Å². The maximum absolute atomic E-state index is 4.94. The van der Waals surface area contributed by atoms with E-state index in [9.17, 15) is 0 Å². The SMILES string of the molecule is C1=NC(c2cc3sc4cccc5c(C6N=Cc7cccn76)cc6sc7cccc2c7c3-c6c45)n2cccc21. The minimum atomic E-state index is -0.0249. The van der Waals surface area contributed by atoms with Crippen molar-refractivity contribution < 1.29 is 0 Å². The summed E-state index contributed by atoms with van der Waals surface area (Å²) in [5, 5.41) is 5.35. The van der Waals surface area contributed by atoms with Crippen LogP contribution in [0.25, 0.3) is 51.5 Å². The zero-order valence-electron chi connectivity index (χ0n) is 20.0. The molecule has 0 aliphatic carbocycles. The standard InChI is InChI=1S/C32H18N4S2/c1-7-19-21(31-33-15-17-5-3-11-35(17)31)13-26-29-27(19)23(9-1)37-25-14-22(32-34-16-18-6-4-12-36(18)32)20-8-2-10-24(38-26)28(20)30(25)29/h1-16,31-32H. The van der Waals surface area contributed by atoms with Gasteiger partial charge in [0.15, 0.2) is 12.3 Å². The molecule has 0 amide bonds. The Hall–Kier alpha value is -4.26. The van der Waals surface area contributed by atoms with Gasteiger partial charge in [0.2, 0.25) is 0 Å². The van der Waals surface area contributed by atoms with Crippen LogP contribution in [0.2, 0.25) is 0 Å². The third-order valence-electron chi connectivity index (χ3n) is 8.33. The Kier molecular flexibility index (Phi) is 3.53. The molecule has 6 aromatic rings. The molecule has 4 aliphatic heterocycles. The second-order valence-electron chi connectivity index (χ2n) is 10.2. The third kappa shape index (κ3) is 2.32. The van der Waals surface area contributed by atoms with Gasteiger partial charge in [-0.3, -0.25) is 9.98 Å². The topological polar surface area (TPSA) is 34.6 Å². The molecule has 0 saturated heterocycles. The largest absolute Gasteiger partial charge is 0.320 e. The van der Waals surface area contributed by atoms with Crippen molar-refractivity contribution in [1.29, 1.82) is 0 Å². The summed E-state index contributed by atoms with van der Waals surface area (Å²) in [5.74, 6) is 0. The maximum atomic E-state index is 4.94. The first-order chi connectivity index (χ1) is 18.8. The van der Waals surface area contributed by atoms with E-state index in [2.05, 4.69) is 94.3 Å². The quantitative estimate of drug-likeness (QED) is 0.161. The van der Waals surface area contributed by atoms with Crippen LogP contribution < -0.4 is 0 Å². The number of nitrogens with zero attached hydrogens (tertiary/aromatic N) is 4. The van der Waals surface area contributed by atoms with E-state index < -0.39 is 0 Å². The highest BCUT2D eigenvalue weighted by Crippen LogP contribution is 2.54. The van der Waals surface area contributed by atoms with E-state index >= 15 is 0 Å². The second kappa shape index (κ2) is 6.78. The van der Waals surface area contributed by atoms with Gasteiger partial charge in [0.1, 0.15) is 0 Å². The lowest BCUT2D eigenvalue weighted by molar-refractivity contribution is 0.644. The van der Waals surface area contributed by atoms with Crippen LogP contribution in [0, 0.1) is 0 Å². The number of rotatable bonds is 2. The summed E-state index contributed by atoms with van der Waals surface area (Å²) in [7, 11) is 0. The van der Waals surface area contributed by atoms with Crippen molar-refractivity contribution in [3.63, 3.8) is 0 Å². The number of fused-ring (bicyclic) bond motifs is 2. The molecule has 4 nitrogen and oxygen atoms in total. The molecule has 0 N–H and O–H groups in total. The molecule has 178 valence electrons. The van der Waals surface area contributed by atoms with E-state index in [4.69, 9.17) is 9.98 Å². The average molecular weight is 523 g/mol. The highest BCUT2D eigenvalue weighted by atomic mass is 32.1. The van der Waals surface area contributed by atoms with E-state index in [0.29, 0.717) is 0 Å². The summed E-state index contributed by atoms with van der Waals surface area (Å²) < 4.78 is 9.87. The average Bonchev–Trinajstić information content (AvgIpc) is 3.73. The van der Waals surface area contributed by atoms with Gasteiger partial charge in [0.05, 0.1) is 11.4 Å². The van der Waals surface area contributed by atoms with Crippen LogP contribution in [0.3, 0.4) is 0 Å². The van der Waals surface area contributed by atoms with Gasteiger partial charge in [-0.2, -0.15) is 0 Å². The molecule has 0 bridgehead atoms. The van der Waals surface area contributed by atoms with Gasteiger partial charge >= 0.3 is 0 Å². The minimum absolute atomic E-state index is 0.0249. The van der Waals surface area contributed by atoms with E-state index in [-0.39, 0.29) is 12.3 Å². The summed E-state index contributed by atoms with van der Waals surface area (Å²) in [6.07, 6.45) is 8.25. The Morgan fingerprint density at radius 1 is 0.553 bits per heavy atom. The Balaban J connectivity index is 1.35. The summed E-state index contributed by atoms with van der Waals surface area (Å²) >= 11 is 3.81. The molecular formula is C32H18N4S2. The zero-order valence-corrected chi connectivity index (χ0v) is 21.6. The molecule has 0 fully saturated rings. The lowest BCUT2D eigenvalue weighted by atomic mass is 9.89. The van der Waals surface area contributed by atoms with Gasteiger partial charge in [-0.1, -0.05) is 24.3 Å². The Morgan fingerprint density at radius 2 is 1.05 bits per heavy atom. The van der Waals surface area contributed by atoms with Crippen LogP contribution in [0.5, 0.6) is 0 Å².